The van der Waals surface area contributed by atoms with E-state index in [1.807, 2.05) is 6.07 Å². The molecule has 16 heavy (non-hydrogen) atoms. The van der Waals surface area contributed by atoms with Crippen LogP contribution in [0.2, 0.25) is 5.02 Å². The van der Waals surface area contributed by atoms with E-state index < -0.39 is 0 Å². The number of amides is 1. The number of carbonyl (C=O) groups is 1. The molecule has 0 heterocycles. The van der Waals surface area contributed by atoms with E-state index in [9.17, 15) is 4.79 Å². The van der Waals surface area contributed by atoms with Crippen LogP contribution in [0.15, 0.2) is 18.2 Å². The predicted octanol–water partition coefficient (Wildman–Crippen LogP) is 1.18. The van der Waals surface area contributed by atoms with E-state index in [0.29, 0.717) is 30.1 Å². The molecule has 1 rings (SSSR count). The molecule has 0 aliphatic carbocycles. The van der Waals surface area contributed by atoms with Crippen molar-refractivity contribution in [2.45, 2.75) is 13.0 Å². The van der Waals surface area contributed by atoms with Gasteiger partial charge in [0, 0.05) is 24.5 Å². The highest BCUT2D eigenvalue weighted by molar-refractivity contribution is 6.31. The highest BCUT2D eigenvalue weighted by Crippen LogP contribution is 2.17. The molecular weight excluding hydrogens is 226 g/mol. The third-order valence-electron chi connectivity index (χ3n) is 2.05. The summed E-state index contributed by atoms with van der Waals surface area (Å²) >= 11 is 5.97. The average molecular weight is 238 g/mol. The first-order chi connectivity index (χ1) is 7.63. The number of hydrogen-bond acceptors (Lipinski definition) is 3. The van der Waals surface area contributed by atoms with Gasteiger partial charge in [-0.25, -0.2) is 0 Å². The van der Waals surface area contributed by atoms with Crippen molar-refractivity contribution >= 4 is 17.5 Å². The van der Waals surface area contributed by atoms with Crippen molar-refractivity contribution in [1.29, 1.82) is 5.26 Å². The number of primary amides is 1. The van der Waals surface area contributed by atoms with Crippen LogP contribution in [-0.4, -0.2) is 12.5 Å². The molecule has 1 amide bonds. The maximum Gasteiger partial charge on any atom is 0.218 e. The summed E-state index contributed by atoms with van der Waals surface area (Å²) in [6, 6.07) is 7.12. The Bertz CT molecular complexity index is 426. The van der Waals surface area contributed by atoms with Gasteiger partial charge in [-0.05, 0) is 17.7 Å². The molecule has 84 valence electrons. The van der Waals surface area contributed by atoms with Crippen LogP contribution in [0, 0.1) is 11.3 Å². The Morgan fingerprint density at radius 2 is 2.31 bits per heavy atom. The third kappa shape index (κ3) is 3.89. The van der Waals surface area contributed by atoms with Crippen molar-refractivity contribution < 1.29 is 4.79 Å². The largest absolute Gasteiger partial charge is 0.370 e. The summed E-state index contributed by atoms with van der Waals surface area (Å²) in [5.41, 5.74) is 6.43. The predicted molar refractivity (Wildman–Crippen MR) is 61.7 cm³/mol. The van der Waals surface area contributed by atoms with Crippen LogP contribution in [-0.2, 0) is 11.3 Å². The van der Waals surface area contributed by atoms with Crippen LogP contribution in [0.5, 0.6) is 0 Å². The fourth-order valence-electron chi connectivity index (χ4n) is 1.19. The molecule has 0 spiro atoms. The fourth-order valence-corrected chi connectivity index (χ4v) is 1.44. The summed E-state index contributed by atoms with van der Waals surface area (Å²) in [7, 11) is 0. The number of nitrogens with two attached hydrogens (primary N) is 1. The standard InChI is InChI=1S/C11H12ClN3O/c12-10-5-8(6-13)1-2-9(10)7-15-4-3-11(14)16/h1-2,5,15H,3-4,7H2,(H2,14,16). The maximum atomic E-state index is 10.5. The van der Waals surface area contributed by atoms with Crippen LogP contribution in [0.3, 0.4) is 0 Å². The quantitative estimate of drug-likeness (QED) is 0.755. The number of nitriles is 1. The van der Waals surface area contributed by atoms with E-state index in [0.717, 1.165) is 5.56 Å². The smallest absolute Gasteiger partial charge is 0.218 e. The molecule has 1 aromatic rings. The van der Waals surface area contributed by atoms with Crippen molar-refractivity contribution in [3.63, 3.8) is 0 Å². The Kier molecular flexibility index (Phi) is 4.77. The van der Waals surface area contributed by atoms with Crippen LogP contribution >= 0.6 is 11.6 Å². The summed E-state index contributed by atoms with van der Waals surface area (Å²) in [6.45, 7) is 1.07. The Morgan fingerprint density at radius 1 is 1.56 bits per heavy atom. The molecule has 0 saturated heterocycles. The van der Waals surface area contributed by atoms with Gasteiger partial charge in [0.25, 0.3) is 0 Å². The van der Waals surface area contributed by atoms with Crippen molar-refractivity contribution in [3.05, 3.63) is 34.3 Å². The van der Waals surface area contributed by atoms with Crippen molar-refractivity contribution in [1.82, 2.24) is 5.32 Å². The SMILES string of the molecule is N#Cc1ccc(CNCCC(N)=O)c(Cl)c1. The molecule has 1 aromatic carbocycles. The van der Waals surface area contributed by atoms with E-state index in [4.69, 9.17) is 22.6 Å². The van der Waals surface area contributed by atoms with Gasteiger partial charge in [0.15, 0.2) is 0 Å². The second-order valence-corrected chi connectivity index (χ2v) is 3.72. The van der Waals surface area contributed by atoms with Crippen molar-refractivity contribution in [2.75, 3.05) is 6.54 Å². The topological polar surface area (TPSA) is 78.9 Å². The minimum atomic E-state index is -0.335. The highest BCUT2D eigenvalue weighted by Gasteiger charge is 2.01. The van der Waals surface area contributed by atoms with Gasteiger partial charge in [-0.1, -0.05) is 17.7 Å². The molecule has 0 bridgehead atoms. The molecule has 0 radical (unpaired) electrons. The van der Waals surface area contributed by atoms with Gasteiger partial charge in [0.1, 0.15) is 0 Å². The molecule has 0 fully saturated rings. The molecule has 0 aliphatic rings. The number of hydrogen-bond donors (Lipinski definition) is 2. The zero-order valence-corrected chi connectivity index (χ0v) is 9.42. The van der Waals surface area contributed by atoms with Crippen LogP contribution in [0.25, 0.3) is 0 Å². The van der Waals surface area contributed by atoms with Gasteiger partial charge < -0.3 is 11.1 Å². The number of carbonyl (C=O) groups excluding carboxylic acids is 1. The van der Waals surface area contributed by atoms with Gasteiger partial charge in [-0.2, -0.15) is 5.26 Å². The number of nitrogens with one attached hydrogen (secondary N) is 1. The molecular formula is C11H12ClN3O. The second-order valence-electron chi connectivity index (χ2n) is 3.31. The van der Waals surface area contributed by atoms with E-state index in [2.05, 4.69) is 5.32 Å². The Labute approximate surface area is 99.0 Å². The lowest BCUT2D eigenvalue weighted by atomic mass is 10.1. The summed E-state index contributed by atoms with van der Waals surface area (Å²) in [5.74, 6) is -0.335. The minimum absolute atomic E-state index is 0.300. The number of nitrogens with zero attached hydrogens (tertiary/aromatic N) is 1. The third-order valence-corrected chi connectivity index (χ3v) is 2.40. The lowest BCUT2D eigenvalue weighted by Crippen LogP contribution is -2.21. The van der Waals surface area contributed by atoms with Gasteiger partial charge in [-0.15, -0.1) is 0 Å². The lowest BCUT2D eigenvalue weighted by Gasteiger charge is -2.05. The van der Waals surface area contributed by atoms with Gasteiger partial charge >= 0.3 is 0 Å². The maximum absolute atomic E-state index is 10.5. The zero-order valence-electron chi connectivity index (χ0n) is 8.66. The molecule has 0 saturated carbocycles. The van der Waals surface area contributed by atoms with Crippen LogP contribution < -0.4 is 11.1 Å². The molecule has 0 aromatic heterocycles. The number of benzene rings is 1. The van der Waals surface area contributed by atoms with E-state index in [1.165, 1.54) is 0 Å². The Balaban J connectivity index is 2.49. The molecule has 4 nitrogen and oxygen atoms in total. The monoisotopic (exact) mass is 237 g/mol. The molecule has 0 unspecified atom stereocenters. The Hall–Kier alpha value is -1.57. The van der Waals surface area contributed by atoms with Gasteiger partial charge in [-0.3, -0.25) is 4.79 Å². The average Bonchev–Trinajstić information content (AvgIpc) is 2.25. The van der Waals surface area contributed by atoms with Crippen molar-refractivity contribution in [2.24, 2.45) is 5.73 Å². The second kappa shape index (κ2) is 6.11. The summed E-state index contributed by atoms with van der Waals surface area (Å²) < 4.78 is 0. The normalized spacial score (nSPS) is 9.75. The van der Waals surface area contributed by atoms with Gasteiger partial charge in [0.05, 0.1) is 11.6 Å². The molecule has 0 atom stereocenters. The van der Waals surface area contributed by atoms with Gasteiger partial charge in [0.2, 0.25) is 5.91 Å². The first-order valence-electron chi connectivity index (χ1n) is 4.81. The van der Waals surface area contributed by atoms with Crippen molar-refractivity contribution in [3.8, 4) is 6.07 Å². The summed E-state index contributed by atoms with van der Waals surface area (Å²) in [4.78, 5) is 10.5. The van der Waals surface area contributed by atoms with E-state index in [1.54, 1.807) is 18.2 Å². The van der Waals surface area contributed by atoms with E-state index >= 15 is 0 Å². The molecule has 5 heteroatoms. The highest BCUT2D eigenvalue weighted by atomic mass is 35.5. The van der Waals surface area contributed by atoms with E-state index in [-0.39, 0.29) is 5.91 Å². The molecule has 3 N–H and O–H groups in total. The zero-order chi connectivity index (χ0) is 12.0. The minimum Gasteiger partial charge on any atom is -0.370 e. The fraction of sp³-hybridized carbons (Fsp3) is 0.273. The number of rotatable bonds is 5. The number of halogens is 1. The van der Waals surface area contributed by atoms with Crippen LogP contribution in [0.4, 0.5) is 0 Å². The summed E-state index contributed by atoms with van der Waals surface area (Å²) in [5, 5.41) is 12.2. The summed E-state index contributed by atoms with van der Waals surface area (Å²) in [6.07, 6.45) is 0.300. The lowest BCUT2D eigenvalue weighted by molar-refractivity contribution is -0.117. The first-order valence-corrected chi connectivity index (χ1v) is 5.19. The Morgan fingerprint density at radius 3 is 2.88 bits per heavy atom. The first kappa shape index (κ1) is 12.5. The molecule has 0 aliphatic heterocycles. The van der Waals surface area contributed by atoms with Crippen LogP contribution in [0.1, 0.15) is 17.5 Å².